The number of halogens is 1. The van der Waals surface area contributed by atoms with Crippen LogP contribution in [-0.4, -0.2) is 59.5 Å². The lowest BCUT2D eigenvalue weighted by Crippen LogP contribution is -2.51. The summed E-state index contributed by atoms with van der Waals surface area (Å²) < 4.78 is 20.5. The Balaban J connectivity index is 1.14. The number of aromatic nitrogens is 7. The van der Waals surface area contributed by atoms with Crippen LogP contribution < -0.4 is 16.0 Å². The Morgan fingerprint density at radius 2 is 2.02 bits per heavy atom. The van der Waals surface area contributed by atoms with E-state index in [1.807, 2.05) is 26.0 Å². The van der Waals surface area contributed by atoms with E-state index in [4.69, 9.17) is 14.7 Å². The average Bonchev–Trinajstić information content (AvgIpc) is 3.64. The normalized spacial score (nSPS) is 20.7. The van der Waals surface area contributed by atoms with Crippen LogP contribution in [0.25, 0.3) is 5.82 Å². The number of carbonyl (C=O) groups is 2. The molecule has 1 aliphatic carbocycles. The Morgan fingerprint density at radius 3 is 2.67 bits per heavy atom. The number of carbonyl (C=O) groups excluding carboxylic acids is 2. The lowest BCUT2D eigenvalue weighted by atomic mass is 9.77. The molecule has 1 aliphatic heterocycles. The van der Waals surface area contributed by atoms with Crippen molar-refractivity contribution in [1.82, 2.24) is 40.2 Å². The molecule has 0 aromatic carbocycles. The molecular weight excluding hydrogens is 555 g/mol. The van der Waals surface area contributed by atoms with Crippen molar-refractivity contribution in [3.63, 3.8) is 0 Å². The summed E-state index contributed by atoms with van der Waals surface area (Å²) in [5.41, 5.74) is 2.07. The molecule has 6 rings (SSSR count). The van der Waals surface area contributed by atoms with Gasteiger partial charge in [-0.2, -0.15) is 10.2 Å². The number of nitrogens with one attached hydrogen (secondary N) is 4. The number of H-pyrrole nitrogens is 1. The van der Waals surface area contributed by atoms with Crippen molar-refractivity contribution in [3.05, 3.63) is 65.4 Å². The molecule has 4 aromatic rings. The van der Waals surface area contributed by atoms with Crippen molar-refractivity contribution >= 4 is 29.1 Å². The van der Waals surface area contributed by atoms with Crippen LogP contribution >= 0.6 is 0 Å². The predicted octanol–water partition coefficient (Wildman–Crippen LogP) is 3.78. The van der Waals surface area contributed by atoms with Gasteiger partial charge in [-0.15, -0.1) is 0 Å². The summed E-state index contributed by atoms with van der Waals surface area (Å²) in [6, 6.07) is 5.08. The maximum Gasteiger partial charge on any atom is 0.252 e. The lowest BCUT2D eigenvalue weighted by molar-refractivity contribution is -0.148. The molecule has 2 amide bonds. The van der Waals surface area contributed by atoms with Crippen LogP contribution in [0.15, 0.2) is 36.8 Å². The van der Waals surface area contributed by atoms with Crippen molar-refractivity contribution in [2.45, 2.75) is 69.9 Å². The molecule has 43 heavy (non-hydrogen) atoms. The third kappa shape index (κ3) is 5.82. The fraction of sp³-hybridized carbons (Fsp3) is 0.414. The monoisotopic (exact) mass is 588 g/mol. The number of methoxy groups -OCH3 is 1. The van der Waals surface area contributed by atoms with Crippen LogP contribution in [0.4, 0.5) is 21.7 Å². The highest BCUT2D eigenvalue weighted by molar-refractivity contribution is 5.97. The Kier molecular flexibility index (Phi) is 7.61. The minimum Gasteiger partial charge on any atom is -0.368 e. The van der Waals surface area contributed by atoms with Gasteiger partial charge in [-0.25, -0.2) is 24.0 Å². The van der Waals surface area contributed by atoms with Gasteiger partial charge in [-0.3, -0.25) is 14.7 Å². The molecule has 5 heterocycles. The summed E-state index contributed by atoms with van der Waals surface area (Å²) in [6.07, 6.45) is 7.18. The molecule has 4 N–H and O–H groups in total. The van der Waals surface area contributed by atoms with E-state index in [2.05, 4.69) is 36.2 Å². The number of fused-ring (bicyclic) bond motifs is 1. The number of aromatic amines is 1. The van der Waals surface area contributed by atoms with Crippen LogP contribution in [-0.2, 0) is 20.7 Å². The van der Waals surface area contributed by atoms with E-state index in [1.165, 1.54) is 10.9 Å². The first-order valence-corrected chi connectivity index (χ1v) is 14.3. The highest BCUT2D eigenvalue weighted by Crippen LogP contribution is 2.41. The number of aryl methyl sites for hydroxylation is 2. The van der Waals surface area contributed by atoms with Gasteiger partial charge in [0.15, 0.2) is 23.3 Å². The Morgan fingerprint density at radius 1 is 1.21 bits per heavy atom. The van der Waals surface area contributed by atoms with Gasteiger partial charge in [0, 0.05) is 43.8 Å². The van der Waals surface area contributed by atoms with Gasteiger partial charge in [0.1, 0.15) is 17.1 Å². The second-order valence-electron chi connectivity index (χ2n) is 11.1. The lowest BCUT2D eigenvalue weighted by Gasteiger charge is -2.38. The first-order chi connectivity index (χ1) is 20.7. The molecule has 4 aromatic heterocycles. The van der Waals surface area contributed by atoms with E-state index in [9.17, 15) is 14.0 Å². The summed E-state index contributed by atoms with van der Waals surface area (Å²) in [5.74, 6) is 1.55. The number of pyridine rings is 1. The molecule has 0 bridgehead atoms. The van der Waals surface area contributed by atoms with Gasteiger partial charge in [0.25, 0.3) is 5.91 Å². The largest absolute Gasteiger partial charge is 0.368 e. The fourth-order valence-corrected chi connectivity index (χ4v) is 5.64. The van der Waals surface area contributed by atoms with E-state index in [0.29, 0.717) is 67.5 Å². The van der Waals surface area contributed by atoms with Crippen LogP contribution in [0.3, 0.4) is 0 Å². The molecular formula is C29H33FN10O3. The molecule has 13 nitrogen and oxygen atoms in total. The van der Waals surface area contributed by atoms with Gasteiger partial charge >= 0.3 is 0 Å². The first kappa shape index (κ1) is 28.4. The highest BCUT2D eigenvalue weighted by atomic mass is 19.1. The van der Waals surface area contributed by atoms with Crippen molar-refractivity contribution in [1.29, 1.82) is 0 Å². The van der Waals surface area contributed by atoms with Crippen molar-refractivity contribution in [2.24, 2.45) is 0 Å². The smallest absolute Gasteiger partial charge is 0.252 e. The molecule has 14 heteroatoms. The summed E-state index contributed by atoms with van der Waals surface area (Å²) in [4.78, 5) is 39.7. The number of ether oxygens (including phenoxy) is 1. The summed E-state index contributed by atoms with van der Waals surface area (Å²) in [7, 11) is 1.57. The number of amides is 2. The molecule has 0 spiro atoms. The molecule has 224 valence electrons. The highest BCUT2D eigenvalue weighted by Gasteiger charge is 2.43. The molecule has 1 atom stereocenters. The Hall–Kier alpha value is -4.72. The van der Waals surface area contributed by atoms with Crippen molar-refractivity contribution in [3.8, 4) is 5.82 Å². The quantitative estimate of drug-likeness (QED) is 0.240. The zero-order valence-electron chi connectivity index (χ0n) is 24.1. The minimum atomic E-state index is -0.986. The summed E-state index contributed by atoms with van der Waals surface area (Å²) in [5, 5.41) is 20.3. The summed E-state index contributed by atoms with van der Waals surface area (Å²) in [6.45, 7) is 3.78. The maximum absolute atomic E-state index is 13.5. The van der Waals surface area contributed by atoms with Crippen LogP contribution in [0.5, 0.6) is 0 Å². The zero-order valence-corrected chi connectivity index (χ0v) is 24.1. The predicted molar refractivity (Wildman–Crippen MR) is 154 cm³/mol. The van der Waals surface area contributed by atoms with Crippen LogP contribution in [0.1, 0.15) is 73.8 Å². The molecule has 2 aliphatic rings. The molecule has 1 fully saturated rings. The van der Waals surface area contributed by atoms with Gasteiger partial charge in [-0.05, 0) is 51.2 Å². The standard InChI is InChI=1S/C29H33FN10O3/c1-16-12-22(39-38-16)35-27-25-21(5-7-24(41)36-25)34-26(37-27)18-8-10-29(43-3,11-9-18)28(42)33-17(2)19-4-6-23(31-13-19)40-15-20(30)14-32-40/h4,6,12-15,17-18H,5,7-11H2,1-3H3,(H,33,42)(H,36,41)(H2,34,35,37,38,39)/t17-,18-,29+/m0/s1. The second-order valence-corrected chi connectivity index (χ2v) is 11.1. The molecule has 0 unspecified atom stereocenters. The van der Waals surface area contributed by atoms with Crippen LogP contribution in [0.2, 0.25) is 0 Å². The van der Waals surface area contributed by atoms with E-state index >= 15 is 0 Å². The van der Waals surface area contributed by atoms with Crippen molar-refractivity contribution < 1.29 is 18.7 Å². The molecule has 1 saturated carbocycles. The fourth-order valence-electron chi connectivity index (χ4n) is 5.64. The molecule has 0 radical (unpaired) electrons. The number of anilines is 3. The molecule has 0 saturated heterocycles. The first-order valence-electron chi connectivity index (χ1n) is 14.3. The Labute approximate surface area is 247 Å². The number of rotatable bonds is 8. The van der Waals surface area contributed by atoms with Gasteiger partial charge in [0.2, 0.25) is 5.91 Å². The van der Waals surface area contributed by atoms with Crippen LogP contribution in [0, 0.1) is 12.7 Å². The van der Waals surface area contributed by atoms with Gasteiger partial charge < -0.3 is 20.7 Å². The van der Waals surface area contributed by atoms with E-state index in [-0.39, 0.29) is 23.8 Å². The third-order valence-corrected chi connectivity index (χ3v) is 8.17. The van der Waals surface area contributed by atoms with E-state index < -0.39 is 11.4 Å². The van der Waals surface area contributed by atoms with Gasteiger partial charge in [-0.1, -0.05) is 6.07 Å². The summed E-state index contributed by atoms with van der Waals surface area (Å²) >= 11 is 0. The minimum absolute atomic E-state index is 0.0155. The van der Waals surface area contributed by atoms with Gasteiger partial charge in [0.05, 0.1) is 24.1 Å². The number of hydrogen-bond donors (Lipinski definition) is 4. The van der Waals surface area contributed by atoms with E-state index in [0.717, 1.165) is 23.1 Å². The number of nitrogens with zero attached hydrogens (tertiary/aromatic N) is 6. The average molecular weight is 589 g/mol. The van der Waals surface area contributed by atoms with E-state index in [1.54, 1.807) is 19.4 Å². The Bertz CT molecular complexity index is 1640. The maximum atomic E-state index is 13.5. The topological polar surface area (TPSA) is 165 Å². The zero-order chi connectivity index (χ0) is 30.1. The third-order valence-electron chi connectivity index (χ3n) is 8.17. The SMILES string of the molecule is CO[C@]1(C(=O)N[C@@H](C)c2ccc(-n3cc(F)cn3)nc2)CC[C@H](c2nc3c(c(Nc4cc(C)[nH]n4)n2)NC(=O)CC3)CC1. The second kappa shape index (κ2) is 11.5. The number of hydrogen-bond acceptors (Lipinski definition) is 9. The van der Waals surface area contributed by atoms with Crippen molar-refractivity contribution in [2.75, 3.05) is 17.7 Å².